The predicted molar refractivity (Wildman–Crippen MR) is 75.9 cm³/mol. The number of halogens is 1. The van der Waals surface area contributed by atoms with E-state index in [0.29, 0.717) is 18.0 Å². The van der Waals surface area contributed by atoms with E-state index in [-0.39, 0.29) is 0 Å². The Labute approximate surface area is 118 Å². The Morgan fingerprint density at radius 1 is 1.50 bits per heavy atom. The molecule has 1 atom stereocenters. The molecular weight excluding hydrogens is 259 g/mol. The van der Waals surface area contributed by atoms with Gasteiger partial charge in [0.05, 0.1) is 4.92 Å². The lowest BCUT2D eigenvalue weighted by Gasteiger charge is -2.35. The first-order valence-electron chi connectivity index (χ1n) is 7.04. The minimum atomic E-state index is -0.765. The van der Waals surface area contributed by atoms with Crippen molar-refractivity contribution in [3.63, 3.8) is 0 Å². The van der Waals surface area contributed by atoms with Crippen molar-refractivity contribution in [2.75, 3.05) is 0 Å². The second kappa shape index (κ2) is 5.87. The largest absolute Gasteiger partial charge is 0.310 e. The summed E-state index contributed by atoms with van der Waals surface area (Å²) < 4.78 is 13.5. The van der Waals surface area contributed by atoms with Crippen LogP contribution in [0, 0.1) is 21.3 Å². The molecule has 1 aliphatic rings. The van der Waals surface area contributed by atoms with Crippen molar-refractivity contribution in [1.29, 1.82) is 0 Å². The van der Waals surface area contributed by atoms with Gasteiger partial charge in [-0.15, -0.1) is 0 Å². The van der Waals surface area contributed by atoms with Gasteiger partial charge < -0.3 is 5.32 Å². The fourth-order valence-electron chi connectivity index (χ4n) is 2.94. The molecule has 110 valence electrons. The van der Waals surface area contributed by atoms with Gasteiger partial charge in [0, 0.05) is 18.7 Å². The maximum atomic E-state index is 13.5. The molecular formula is C15H21FN2O2. The molecule has 0 bridgehead atoms. The number of nitrogens with zero attached hydrogens (tertiary/aromatic N) is 1. The smallest absolute Gasteiger partial charge is 0.304 e. The Morgan fingerprint density at radius 2 is 2.25 bits per heavy atom. The van der Waals surface area contributed by atoms with Crippen LogP contribution in [0.4, 0.5) is 10.1 Å². The van der Waals surface area contributed by atoms with E-state index in [1.165, 1.54) is 25.0 Å². The molecule has 1 fully saturated rings. The zero-order valence-corrected chi connectivity index (χ0v) is 12.0. The van der Waals surface area contributed by atoms with Crippen molar-refractivity contribution in [3.8, 4) is 0 Å². The maximum Gasteiger partial charge on any atom is 0.304 e. The van der Waals surface area contributed by atoms with Crippen LogP contribution in [0.3, 0.4) is 0 Å². The minimum absolute atomic E-state index is 0.358. The first-order valence-corrected chi connectivity index (χ1v) is 7.04. The highest BCUT2D eigenvalue weighted by molar-refractivity contribution is 5.34. The quantitative estimate of drug-likeness (QED) is 0.674. The molecule has 4 nitrogen and oxygen atoms in total. The number of benzene rings is 1. The fourth-order valence-corrected chi connectivity index (χ4v) is 2.94. The van der Waals surface area contributed by atoms with E-state index in [1.807, 2.05) is 0 Å². The molecule has 1 aliphatic carbocycles. The number of nitrogens with one attached hydrogen (secondary N) is 1. The Bertz CT molecular complexity index is 503. The van der Waals surface area contributed by atoms with Crippen LogP contribution in [0.25, 0.3) is 0 Å². The summed E-state index contributed by atoms with van der Waals surface area (Å²) in [6.07, 6.45) is 4.71. The van der Waals surface area contributed by atoms with Gasteiger partial charge in [-0.1, -0.05) is 26.3 Å². The van der Waals surface area contributed by atoms with Gasteiger partial charge in [0.15, 0.2) is 0 Å². The van der Waals surface area contributed by atoms with E-state index in [2.05, 4.69) is 19.2 Å². The van der Waals surface area contributed by atoms with E-state index in [4.69, 9.17) is 0 Å². The van der Waals surface area contributed by atoms with Crippen molar-refractivity contribution >= 4 is 5.69 Å². The van der Waals surface area contributed by atoms with E-state index in [1.54, 1.807) is 6.07 Å². The van der Waals surface area contributed by atoms with Crippen molar-refractivity contribution in [3.05, 3.63) is 39.7 Å². The summed E-state index contributed by atoms with van der Waals surface area (Å²) in [5.74, 6) is -0.765. The Hall–Kier alpha value is -1.49. The molecule has 0 amide bonds. The number of hydrogen-bond donors (Lipinski definition) is 1. The molecule has 0 radical (unpaired) electrons. The normalized spacial score (nSPS) is 21.6. The first kappa shape index (κ1) is 14.9. The average molecular weight is 280 g/mol. The van der Waals surface area contributed by atoms with E-state index in [0.717, 1.165) is 18.4 Å². The van der Waals surface area contributed by atoms with E-state index >= 15 is 0 Å². The van der Waals surface area contributed by atoms with Crippen LogP contribution in [-0.4, -0.2) is 11.0 Å². The third kappa shape index (κ3) is 3.76. The highest BCUT2D eigenvalue weighted by Gasteiger charge is 2.27. The Balaban J connectivity index is 1.94. The Morgan fingerprint density at radius 3 is 2.85 bits per heavy atom. The highest BCUT2D eigenvalue weighted by atomic mass is 19.1. The molecule has 0 heterocycles. The Kier molecular flexibility index (Phi) is 4.38. The van der Waals surface area contributed by atoms with E-state index in [9.17, 15) is 14.5 Å². The summed E-state index contributed by atoms with van der Waals surface area (Å²) in [5.41, 5.74) is 0.639. The van der Waals surface area contributed by atoms with Crippen molar-refractivity contribution in [2.45, 2.75) is 52.1 Å². The summed E-state index contributed by atoms with van der Waals surface area (Å²) in [5, 5.41) is 14.0. The number of rotatable bonds is 4. The summed E-state index contributed by atoms with van der Waals surface area (Å²) in [7, 11) is 0. The van der Waals surface area contributed by atoms with Gasteiger partial charge in [0.1, 0.15) is 0 Å². The van der Waals surface area contributed by atoms with Crippen molar-refractivity contribution in [1.82, 2.24) is 5.32 Å². The lowest BCUT2D eigenvalue weighted by Crippen LogP contribution is -2.36. The number of nitro groups is 1. The molecule has 1 unspecified atom stereocenters. The lowest BCUT2D eigenvalue weighted by atomic mass is 9.75. The van der Waals surface area contributed by atoms with Gasteiger partial charge >= 0.3 is 5.69 Å². The molecule has 1 N–H and O–H groups in total. The van der Waals surface area contributed by atoms with Crippen LogP contribution >= 0.6 is 0 Å². The SMILES string of the molecule is CC1(C)CCCC(NCc2ccc([N+](=O)[O-])c(F)c2)C1. The molecule has 0 saturated heterocycles. The van der Waals surface area contributed by atoms with Crippen molar-refractivity contribution in [2.24, 2.45) is 5.41 Å². The third-order valence-electron chi connectivity index (χ3n) is 4.01. The van der Waals surface area contributed by atoms with Gasteiger partial charge in [-0.2, -0.15) is 4.39 Å². The molecule has 0 aromatic heterocycles. The molecule has 1 aromatic rings. The summed E-state index contributed by atoms with van der Waals surface area (Å²) in [6.45, 7) is 5.09. The van der Waals surface area contributed by atoms with Crippen LogP contribution in [0.5, 0.6) is 0 Å². The van der Waals surface area contributed by atoms with Gasteiger partial charge in [-0.05, 0) is 36.3 Å². The highest BCUT2D eigenvalue weighted by Crippen LogP contribution is 2.35. The fraction of sp³-hybridized carbons (Fsp3) is 0.600. The number of nitro benzene ring substituents is 1. The van der Waals surface area contributed by atoms with Crippen LogP contribution in [-0.2, 0) is 6.54 Å². The minimum Gasteiger partial charge on any atom is -0.310 e. The standard InChI is InChI=1S/C15H21FN2O2/c1-15(2)7-3-4-12(9-15)17-10-11-5-6-14(18(19)20)13(16)8-11/h5-6,8,12,17H,3-4,7,9-10H2,1-2H3. The molecule has 2 rings (SSSR count). The zero-order valence-electron chi connectivity index (χ0n) is 12.0. The molecule has 0 aliphatic heterocycles. The zero-order chi connectivity index (χ0) is 14.8. The molecule has 1 aromatic carbocycles. The van der Waals surface area contributed by atoms with Gasteiger partial charge in [-0.25, -0.2) is 0 Å². The second-order valence-electron chi connectivity index (χ2n) is 6.38. The van der Waals surface area contributed by atoms with Gasteiger partial charge in [-0.3, -0.25) is 10.1 Å². The van der Waals surface area contributed by atoms with Crippen molar-refractivity contribution < 1.29 is 9.31 Å². The number of hydrogen-bond acceptors (Lipinski definition) is 3. The van der Waals surface area contributed by atoms with Crippen LogP contribution < -0.4 is 5.32 Å². The van der Waals surface area contributed by atoms with E-state index < -0.39 is 16.4 Å². The molecule has 1 saturated carbocycles. The van der Waals surface area contributed by atoms with Crippen LogP contribution in [0.15, 0.2) is 18.2 Å². The first-order chi connectivity index (χ1) is 9.37. The molecule has 5 heteroatoms. The summed E-state index contributed by atoms with van der Waals surface area (Å²) in [4.78, 5) is 9.86. The topological polar surface area (TPSA) is 55.2 Å². The maximum absolute atomic E-state index is 13.5. The van der Waals surface area contributed by atoms with Crippen LogP contribution in [0.2, 0.25) is 0 Å². The van der Waals surface area contributed by atoms with Gasteiger partial charge in [0.2, 0.25) is 5.82 Å². The van der Waals surface area contributed by atoms with Gasteiger partial charge in [0.25, 0.3) is 0 Å². The average Bonchev–Trinajstić information content (AvgIpc) is 2.35. The summed E-state index contributed by atoms with van der Waals surface area (Å²) in [6, 6.07) is 4.54. The predicted octanol–water partition coefficient (Wildman–Crippen LogP) is 3.79. The monoisotopic (exact) mass is 280 g/mol. The summed E-state index contributed by atoms with van der Waals surface area (Å²) >= 11 is 0. The second-order valence-corrected chi connectivity index (χ2v) is 6.38. The molecule has 0 spiro atoms. The van der Waals surface area contributed by atoms with Crippen LogP contribution in [0.1, 0.15) is 45.1 Å². The molecule has 20 heavy (non-hydrogen) atoms. The lowest BCUT2D eigenvalue weighted by molar-refractivity contribution is -0.387. The third-order valence-corrected chi connectivity index (χ3v) is 4.01.